The van der Waals surface area contributed by atoms with Crippen LogP contribution < -0.4 is 5.32 Å². The molecule has 1 aliphatic heterocycles. The molecule has 0 atom stereocenters. The highest BCUT2D eigenvalue weighted by Gasteiger charge is 2.21. The maximum atomic E-state index is 12.2. The van der Waals surface area contributed by atoms with E-state index in [1.165, 1.54) is 0 Å². The number of pyridine rings is 1. The molecule has 1 fully saturated rings. The minimum Gasteiger partial charge on any atom is -0.379 e. The second-order valence-corrected chi connectivity index (χ2v) is 6.46. The Labute approximate surface area is 155 Å². The lowest BCUT2D eigenvalue weighted by Gasteiger charge is -2.26. The monoisotopic (exact) mass is 375 g/mol. The van der Waals surface area contributed by atoms with Gasteiger partial charge in [0.2, 0.25) is 5.82 Å². The van der Waals surface area contributed by atoms with Crippen molar-refractivity contribution in [2.75, 3.05) is 39.4 Å². The van der Waals surface area contributed by atoms with Gasteiger partial charge in [0.25, 0.3) is 0 Å². The van der Waals surface area contributed by atoms with Crippen molar-refractivity contribution in [1.29, 1.82) is 0 Å². The van der Waals surface area contributed by atoms with Crippen molar-refractivity contribution in [1.82, 2.24) is 25.3 Å². The molecule has 1 N–H and O–H groups in total. The van der Waals surface area contributed by atoms with Gasteiger partial charge in [0.15, 0.2) is 0 Å². The number of hydrogen-bond donors (Lipinski definition) is 1. The topological polar surface area (TPSA) is 93.4 Å². The van der Waals surface area contributed by atoms with Crippen LogP contribution in [0.25, 0.3) is 17.5 Å². The van der Waals surface area contributed by atoms with Crippen molar-refractivity contribution in [2.45, 2.75) is 6.42 Å². The molecular weight excluding hydrogens is 358 g/mol. The van der Waals surface area contributed by atoms with E-state index in [9.17, 15) is 4.79 Å². The van der Waals surface area contributed by atoms with Gasteiger partial charge in [-0.05, 0) is 0 Å². The molecule has 1 amide bonds. The van der Waals surface area contributed by atoms with Gasteiger partial charge in [0.05, 0.1) is 29.5 Å². The van der Waals surface area contributed by atoms with Crippen LogP contribution in [-0.4, -0.2) is 65.3 Å². The molecule has 4 rings (SSSR count). The summed E-state index contributed by atoms with van der Waals surface area (Å²) in [7, 11) is 0. The van der Waals surface area contributed by atoms with Crippen LogP contribution in [-0.2, 0) is 11.2 Å². The molecule has 3 heterocycles. The molecule has 0 saturated carbocycles. The van der Waals surface area contributed by atoms with Crippen LogP contribution in [0.15, 0.2) is 16.8 Å². The van der Waals surface area contributed by atoms with E-state index >= 15 is 0 Å². The Morgan fingerprint density at radius 3 is 3.04 bits per heavy atom. The zero-order valence-electron chi connectivity index (χ0n) is 14.1. The number of nitrogens with one attached hydrogen (secondary N) is 1. The van der Waals surface area contributed by atoms with Gasteiger partial charge in [-0.15, -0.1) is 0 Å². The first kappa shape index (κ1) is 17.1. The third kappa shape index (κ3) is 3.48. The number of aromatic nitrogens is 3. The van der Waals surface area contributed by atoms with Crippen molar-refractivity contribution in [3.63, 3.8) is 0 Å². The van der Waals surface area contributed by atoms with Crippen LogP contribution in [0.5, 0.6) is 0 Å². The van der Waals surface area contributed by atoms with Crippen LogP contribution in [0.1, 0.15) is 21.9 Å². The maximum absolute atomic E-state index is 12.2. The standard InChI is InChI=1S/C17H18ClN5O3/c18-14-11-2-1-3-13(11)20-10-12(14)15-21-17(26-22-15)16(24)19-4-5-23-6-8-25-9-7-23/h1-2,10H,3-9H2,(H,19,24). The van der Waals surface area contributed by atoms with E-state index in [0.29, 0.717) is 17.1 Å². The van der Waals surface area contributed by atoms with E-state index in [1.54, 1.807) is 6.20 Å². The number of nitrogens with zero attached hydrogens (tertiary/aromatic N) is 4. The lowest BCUT2D eigenvalue weighted by atomic mass is 10.1. The number of amides is 1. The predicted molar refractivity (Wildman–Crippen MR) is 94.9 cm³/mol. The fraction of sp³-hybridized carbons (Fsp3) is 0.412. The average Bonchev–Trinajstić information content (AvgIpc) is 3.33. The minimum absolute atomic E-state index is 0.0888. The number of rotatable bonds is 5. The third-order valence-electron chi connectivity index (χ3n) is 4.41. The Morgan fingerprint density at radius 2 is 2.19 bits per heavy atom. The van der Waals surface area contributed by atoms with Crippen molar-refractivity contribution < 1.29 is 14.1 Å². The molecule has 0 aromatic carbocycles. The summed E-state index contributed by atoms with van der Waals surface area (Å²) in [5.41, 5.74) is 2.34. The molecule has 0 bridgehead atoms. The number of allylic oxidation sites excluding steroid dienone is 1. The molecule has 0 spiro atoms. The highest BCUT2D eigenvalue weighted by Crippen LogP contribution is 2.33. The Balaban J connectivity index is 1.40. The van der Waals surface area contributed by atoms with Gasteiger partial charge in [0, 0.05) is 44.4 Å². The SMILES string of the molecule is O=C(NCCN1CCOCC1)c1nc(-c2cnc3c(c2Cl)C=CC3)no1. The largest absolute Gasteiger partial charge is 0.379 e. The number of morpholine rings is 1. The molecule has 0 radical (unpaired) electrons. The van der Waals surface area contributed by atoms with E-state index in [4.69, 9.17) is 20.9 Å². The molecule has 9 heteroatoms. The number of carbonyl (C=O) groups excluding carboxylic acids is 1. The highest BCUT2D eigenvalue weighted by molar-refractivity contribution is 6.34. The average molecular weight is 376 g/mol. The summed E-state index contributed by atoms with van der Waals surface area (Å²) in [6.07, 6.45) is 6.29. The zero-order valence-corrected chi connectivity index (χ0v) is 14.8. The van der Waals surface area contributed by atoms with Gasteiger partial charge in [-0.25, -0.2) is 0 Å². The summed E-state index contributed by atoms with van der Waals surface area (Å²) in [6, 6.07) is 0. The number of ether oxygens (including phenoxy) is 1. The van der Waals surface area contributed by atoms with Crippen LogP contribution >= 0.6 is 11.6 Å². The number of fused-ring (bicyclic) bond motifs is 1. The third-order valence-corrected chi connectivity index (χ3v) is 4.81. The molecule has 2 aliphatic rings. The van der Waals surface area contributed by atoms with E-state index in [0.717, 1.165) is 50.5 Å². The lowest BCUT2D eigenvalue weighted by molar-refractivity contribution is 0.0382. The van der Waals surface area contributed by atoms with Crippen molar-refractivity contribution in [2.24, 2.45) is 0 Å². The quantitative estimate of drug-likeness (QED) is 0.844. The second kappa shape index (κ2) is 7.53. The smallest absolute Gasteiger partial charge is 0.316 e. The molecule has 0 unspecified atom stereocenters. The Morgan fingerprint density at radius 1 is 1.35 bits per heavy atom. The molecule has 8 nitrogen and oxygen atoms in total. The first-order chi connectivity index (χ1) is 12.7. The van der Waals surface area contributed by atoms with E-state index in [-0.39, 0.29) is 11.7 Å². The summed E-state index contributed by atoms with van der Waals surface area (Å²) in [4.78, 5) is 22.9. The zero-order chi connectivity index (χ0) is 17.9. The van der Waals surface area contributed by atoms with Gasteiger partial charge in [0.1, 0.15) is 0 Å². The maximum Gasteiger partial charge on any atom is 0.316 e. The number of hydrogen-bond acceptors (Lipinski definition) is 7. The Kier molecular flexibility index (Phi) is 4.96. The summed E-state index contributed by atoms with van der Waals surface area (Å²) in [5.74, 6) is -0.236. The van der Waals surface area contributed by atoms with Crippen LogP contribution in [0, 0.1) is 0 Å². The Bertz CT molecular complexity index is 845. The van der Waals surface area contributed by atoms with E-state index < -0.39 is 5.91 Å². The summed E-state index contributed by atoms with van der Waals surface area (Å²) in [6.45, 7) is 4.46. The number of carbonyl (C=O) groups is 1. The van der Waals surface area contributed by atoms with Crippen LogP contribution in [0.4, 0.5) is 0 Å². The minimum atomic E-state index is -0.401. The molecule has 2 aromatic heterocycles. The first-order valence-electron chi connectivity index (χ1n) is 8.48. The molecular formula is C17H18ClN5O3. The van der Waals surface area contributed by atoms with Crippen LogP contribution in [0.3, 0.4) is 0 Å². The summed E-state index contributed by atoms with van der Waals surface area (Å²) < 4.78 is 10.4. The van der Waals surface area contributed by atoms with Crippen molar-refractivity contribution in [3.8, 4) is 11.4 Å². The van der Waals surface area contributed by atoms with Crippen molar-refractivity contribution >= 4 is 23.6 Å². The second-order valence-electron chi connectivity index (χ2n) is 6.09. The molecule has 1 saturated heterocycles. The molecule has 26 heavy (non-hydrogen) atoms. The van der Waals surface area contributed by atoms with Gasteiger partial charge < -0.3 is 14.6 Å². The van der Waals surface area contributed by atoms with Gasteiger partial charge in [-0.3, -0.25) is 14.7 Å². The normalized spacial score (nSPS) is 16.7. The Hall–Kier alpha value is -2.29. The van der Waals surface area contributed by atoms with Gasteiger partial charge in [-0.2, -0.15) is 4.98 Å². The first-order valence-corrected chi connectivity index (χ1v) is 8.86. The lowest BCUT2D eigenvalue weighted by Crippen LogP contribution is -2.41. The van der Waals surface area contributed by atoms with Gasteiger partial charge in [-0.1, -0.05) is 28.9 Å². The predicted octanol–water partition coefficient (Wildman–Crippen LogP) is 1.42. The van der Waals surface area contributed by atoms with Gasteiger partial charge >= 0.3 is 11.8 Å². The summed E-state index contributed by atoms with van der Waals surface area (Å²) in [5, 5.41) is 7.18. The molecule has 136 valence electrons. The fourth-order valence-corrected chi connectivity index (χ4v) is 3.28. The van der Waals surface area contributed by atoms with Crippen molar-refractivity contribution in [3.05, 3.63) is 34.4 Å². The molecule has 1 aliphatic carbocycles. The molecule has 2 aromatic rings. The van der Waals surface area contributed by atoms with E-state index in [1.807, 2.05) is 12.2 Å². The highest BCUT2D eigenvalue weighted by atomic mass is 35.5. The van der Waals surface area contributed by atoms with E-state index in [2.05, 4.69) is 25.3 Å². The fourth-order valence-electron chi connectivity index (χ4n) is 2.97. The van der Waals surface area contributed by atoms with Crippen LogP contribution in [0.2, 0.25) is 5.02 Å². The number of halogens is 1. The summed E-state index contributed by atoms with van der Waals surface area (Å²) >= 11 is 6.42.